The smallest absolute Gasteiger partial charge is 0.0203 e. The summed E-state index contributed by atoms with van der Waals surface area (Å²) in [6.07, 6.45) is 13.6. The Morgan fingerprint density at radius 1 is 1.21 bits per heavy atom. The van der Waals surface area contributed by atoms with Gasteiger partial charge < -0.3 is 0 Å². The minimum Gasteiger partial charge on any atom is -0.0848 e. The zero-order valence-electron chi connectivity index (χ0n) is 9.92. The van der Waals surface area contributed by atoms with Crippen molar-refractivity contribution in [3.63, 3.8) is 0 Å². The van der Waals surface area contributed by atoms with Gasteiger partial charge in [0.25, 0.3) is 0 Å². The van der Waals surface area contributed by atoms with Gasteiger partial charge >= 0.3 is 0 Å². The molecule has 0 atom stereocenters. The van der Waals surface area contributed by atoms with Crippen molar-refractivity contribution in [1.82, 2.24) is 0 Å². The number of allylic oxidation sites excluding steroid dienone is 4. The lowest BCUT2D eigenvalue weighted by atomic mass is 9.79. The highest BCUT2D eigenvalue weighted by Crippen LogP contribution is 2.32. The fourth-order valence-corrected chi connectivity index (χ4v) is 2.21. The molecule has 0 unspecified atom stereocenters. The first-order valence-corrected chi connectivity index (χ1v) is 6.07. The molecule has 80 valence electrons. The first-order chi connectivity index (χ1) is 6.74. The maximum Gasteiger partial charge on any atom is -0.0203 e. The maximum atomic E-state index is 2.38. The Hall–Kier alpha value is -0.520. The number of hydrogen-bond donors (Lipinski definition) is 0. The molecule has 0 saturated heterocycles. The third-order valence-corrected chi connectivity index (χ3v) is 3.39. The molecule has 0 nitrogen and oxygen atoms in total. The molecule has 1 rings (SSSR count). The molecule has 0 aromatic heterocycles. The van der Waals surface area contributed by atoms with Crippen LogP contribution in [-0.4, -0.2) is 0 Å². The van der Waals surface area contributed by atoms with Crippen LogP contribution in [0.15, 0.2) is 23.8 Å². The summed E-state index contributed by atoms with van der Waals surface area (Å²) in [5.74, 6) is 1.83. The fraction of sp³-hybridized carbons (Fsp3) is 0.714. The third kappa shape index (κ3) is 3.69. The zero-order chi connectivity index (χ0) is 10.4. The van der Waals surface area contributed by atoms with E-state index < -0.39 is 0 Å². The standard InChI is InChI=1S/C14H24/c1-4-5-6-7-13(3)14-10-8-12(2)9-11-14/h5-7,12,14H,4,8-11H2,1-3H3. The normalized spacial score (nSPS) is 29.8. The van der Waals surface area contributed by atoms with Gasteiger partial charge in [-0.1, -0.05) is 50.5 Å². The highest BCUT2D eigenvalue weighted by atomic mass is 14.2. The molecule has 0 bridgehead atoms. The Morgan fingerprint density at radius 2 is 1.86 bits per heavy atom. The molecule has 1 saturated carbocycles. The quantitative estimate of drug-likeness (QED) is 0.567. The van der Waals surface area contributed by atoms with Crippen LogP contribution < -0.4 is 0 Å². The summed E-state index contributed by atoms with van der Waals surface area (Å²) in [5, 5.41) is 0. The topological polar surface area (TPSA) is 0 Å². The summed E-state index contributed by atoms with van der Waals surface area (Å²) in [6, 6.07) is 0. The molecule has 0 amide bonds. The van der Waals surface area contributed by atoms with E-state index in [-0.39, 0.29) is 0 Å². The minimum absolute atomic E-state index is 0.868. The lowest BCUT2D eigenvalue weighted by molar-refractivity contribution is 0.320. The van der Waals surface area contributed by atoms with Crippen LogP contribution in [0.1, 0.15) is 52.9 Å². The van der Waals surface area contributed by atoms with Gasteiger partial charge in [0.2, 0.25) is 0 Å². The second-order valence-corrected chi connectivity index (χ2v) is 4.70. The predicted molar refractivity (Wildman–Crippen MR) is 64.3 cm³/mol. The van der Waals surface area contributed by atoms with Gasteiger partial charge in [-0.05, 0) is 38.0 Å². The molecule has 0 heteroatoms. The average molecular weight is 192 g/mol. The summed E-state index contributed by atoms with van der Waals surface area (Å²) in [5.41, 5.74) is 1.58. The predicted octanol–water partition coefficient (Wildman–Crippen LogP) is 4.73. The molecule has 14 heavy (non-hydrogen) atoms. The van der Waals surface area contributed by atoms with Gasteiger partial charge in [-0.15, -0.1) is 0 Å². The van der Waals surface area contributed by atoms with Crippen LogP contribution in [0.25, 0.3) is 0 Å². The van der Waals surface area contributed by atoms with Crippen molar-refractivity contribution in [2.45, 2.75) is 52.9 Å². The summed E-state index contributed by atoms with van der Waals surface area (Å²) < 4.78 is 0. The monoisotopic (exact) mass is 192 g/mol. The first kappa shape index (κ1) is 11.6. The highest BCUT2D eigenvalue weighted by molar-refractivity contribution is 5.13. The van der Waals surface area contributed by atoms with Crippen LogP contribution in [-0.2, 0) is 0 Å². The van der Waals surface area contributed by atoms with Crippen molar-refractivity contribution >= 4 is 0 Å². The summed E-state index contributed by atoms with van der Waals surface area (Å²) in [6.45, 7) is 6.86. The zero-order valence-corrected chi connectivity index (χ0v) is 9.92. The van der Waals surface area contributed by atoms with Crippen molar-refractivity contribution in [2.75, 3.05) is 0 Å². The minimum atomic E-state index is 0.868. The molecule has 0 radical (unpaired) electrons. The van der Waals surface area contributed by atoms with E-state index in [1.54, 1.807) is 5.57 Å². The molecule has 0 aromatic rings. The lowest BCUT2D eigenvalue weighted by Crippen LogP contribution is -2.12. The van der Waals surface area contributed by atoms with Crippen molar-refractivity contribution in [3.8, 4) is 0 Å². The van der Waals surface area contributed by atoms with E-state index in [9.17, 15) is 0 Å². The second kappa shape index (κ2) is 6.06. The Labute approximate surface area is 89.1 Å². The molecule has 0 N–H and O–H groups in total. The fourth-order valence-electron chi connectivity index (χ4n) is 2.21. The Morgan fingerprint density at radius 3 is 2.43 bits per heavy atom. The van der Waals surface area contributed by atoms with Gasteiger partial charge in [0.15, 0.2) is 0 Å². The SMILES string of the molecule is CCC=CC=C(C)C1CCC(C)CC1. The molecule has 0 aromatic carbocycles. The summed E-state index contributed by atoms with van der Waals surface area (Å²) in [7, 11) is 0. The largest absolute Gasteiger partial charge is 0.0848 e. The number of rotatable bonds is 3. The van der Waals surface area contributed by atoms with Crippen LogP contribution >= 0.6 is 0 Å². The van der Waals surface area contributed by atoms with Gasteiger partial charge in [0.1, 0.15) is 0 Å². The Kier molecular flexibility index (Phi) is 5.00. The average Bonchev–Trinajstić information content (AvgIpc) is 2.19. The molecule has 1 fully saturated rings. The van der Waals surface area contributed by atoms with Crippen LogP contribution in [0, 0.1) is 11.8 Å². The Balaban J connectivity index is 2.40. The van der Waals surface area contributed by atoms with Crippen molar-refractivity contribution < 1.29 is 0 Å². The van der Waals surface area contributed by atoms with E-state index in [1.807, 2.05) is 0 Å². The Bertz CT molecular complexity index is 202. The van der Waals surface area contributed by atoms with E-state index in [2.05, 4.69) is 39.0 Å². The van der Waals surface area contributed by atoms with Gasteiger partial charge in [0.05, 0.1) is 0 Å². The summed E-state index contributed by atoms with van der Waals surface area (Å²) >= 11 is 0. The maximum absolute atomic E-state index is 2.38. The summed E-state index contributed by atoms with van der Waals surface area (Å²) in [4.78, 5) is 0. The molecule has 0 heterocycles. The van der Waals surface area contributed by atoms with Crippen LogP contribution in [0.4, 0.5) is 0 Å². The third-order valence-electron chi connectivity index (χ3n) is 3.39. The van der Waals surface area contributed by atoms with E-state index in [0.717, 1.165) is 18.3 Å². The van der Waals surface area contributed by atoms with Gasteiger partial charge in [-0.2, -0.15) is 0 Å². The van der Waals surface area contributed by atoms with Crippen LogP contribution in [0.5, 0.6) is 0 Å². The van der Waals surface area contributed by atoms with Crippen LogP contribution in [0.3, 0.4) is 0 Å². The molecule has 0 aliphatic heterocycles. The lowest BCUT2D eigenvalue weighted by Gasteiger charge is -2.26. The first-order valence-electron chi connectivity index (χ1n) is 6.07. The van der Waals surface area contributed by atoms with Gasteiger partial charge in [0, 0.05) is 0 Å². The van der Waals surface area contributed by atoms with E-state index >= 15 is 0 Å². The van der Waals surface area contributed by atoms with Crippen LogP contribution in [0.2, 0.25) is 0 Å². The number of hydrogen-bond acceptors (Lipinski definition) is 0. The van der Waals surface area contributed by atoms with E-state index in [1.165, 1.54) is 25.7 Å². The molecule has 1 aliphatic carbocycles. The van der Waals surface area contributed by atoms with E-state index in [0.29, 0.717) is 0 Å². The van der Waals surface area contributed by atoms with Gasteiger partial charge in [-0.3, -0.25) is 0 Å². The molecule has 1 aliphatic rings. The molecular formula is C14H24. The van der Waals surface area contributed by atoms with E-state index in [4.69, 9.17) is 0 Å². The highest BCUT2D eigenvalue weighted by Gasteiger charge is 2.18. The van der Waals surface area contributed by atoms with Crippen molar-refractivity contribution in [1.29, 1.82) is 0 Å². The van der Waals surface area contributed by atoms with Crippen molar-refractivity contribution in [3.05, 3.63) is 23.8 Å². The molecule has 0 spiro atoms. The molecular weight excluding hydrogens is 168 g/mol. The second-order valence-electron chi connectivity index (χ2n) is 4.70. The van der Waals surface area contributed by atoms with Gasteiger partial charge in [-0.25, -0.2) is 0 Å². The van der Waals surface area contributed by atoms with Crippen molar-refractivity contribution in [2.24, 2.45) is 11.8 Å².